The summed E-state index contributed by atoms with van der Waals surface area (Å²) in [4.78, 5) is 20.8. The Hall–Kier alpha value is -2.94. The minimum absolute atomic E-state index is 0.168. The highest BCUT2D eigenvalue weighted by Gasteiger charge is 2.17. The molecule has 1 aliphatic rings. The zero-order chi connectivity index (χ0) is 16.8. The number of hydrogen-bond acceptors (Lipinski definition) is 5. The maximum Gasteiger partial charge on any atom is 0.270 e. The van der Waals surface area contributed by atoms with Crippen LogP contribution in [0, 0.1) is 11.3 Å². The summed E-state index contributed by atoms with van der Waals surface area (Å²) < 4.78 is 0. The molecule has 0 aliphatic heterocycles. The number of nitrogens with zero attached hydrogens (tertiary/aromatic N) is 3. The summed E-state index contributed by atoms with van der Waals surface area (Å²) in [7, 11) is 0. The molecule has 1 saturated carbocycles. The normalized spacial score (nSPS) is 14.6. The predicted octanol–water partition coefficient (Wildman–Crippen LogP) is 3.15. The lowest BCUT2D eigenvalue weighted by atomic mass is 9.95. The summed E-state index contributed by atoms with van der Waals surface area (Å²) in [6.45, 7) is 0. The highest BCUT2D eigenvalue weighted by atomic mass is 16.1. The molecule has 0 radical (unpaired) electrons. The van der Waals surface area contributed by atoms with Gasteiger partial charge < -0.3 is 10.6 Å². The van der Waals surface area contributed by atoms with Gasteiger partial charge in [0.1, 0.15) is 5.69 Å². The topological polar surface area (TPSA) is 90.7 Å². The van der Waals surface area contributed by atoms with Crippen molar-refractivity contribution in [1.29, 1.82) is 5.26 Å². The van der Waals surface area contributed by atoms with E-state index in [0.717, 1.165) is 25.7 Å². The first kappa shape index (κ1) is 15.9. The highest BCUT2D eigenvalue weighted by Crippen LogP contribution is 2.18. The molecule has 122 valence electrons. The molecule has 2 aromatic rings. The van der Waals surface area contributed by atoms with Crippen LogP contribution in [0.2, 0.25) is 0 Å². The Morgan fingerprint density at radius 2 is 2.04 bits per heavy atom. The number of hydrogen-bond donors (Lipinski definition) is 2. The lowest BCUT2D eigenvalue weighted by Gasteiger charge is -2.22. The average Bonchev–Trinajstić information content (AvgIpc) is 2.63. The molecule has 1 amide bonds. The van der Waals surface area contributed by atoms with Gasteiger partial charge in [-0.25, -0.2) is 9.97 Å². The number of amides is 1. The van der Waals surface area contributed by atoms with Crippen molar-refractivity contribution >= 4 is 17.5 Å². The number of carbonyl (C=O) groups is 1. The van der Waals surface area contributed by atoms with E-state index in [9.17, 15) is 4.79 Å². The van der Waals surface area contributed by atoms with E-state index in [1.807, 2.05) is 6.07 Å². The minimum atomic E-state index is -0.168. The first-order valence-corrected chi connectivity index (χ1v) is 8.16. The third-order valence-electron chi connectivity index (χ3n) is 4.08. The van der Waals surface area contributed by atoms with Gasteiger partial charge in [-0.05, 0) is 37.1 Å². The molecule has 1 aromatic heterocycles. The van der Waals surface area contributed by atoms with Gasteiger partial charge in [0.05, 0.1) is 11.6 Å². The van der Waals surface area contributed by atoms with Crippen LogP contribution in [0.25, 0.3) is 0 Å². The Balaban J connectivity index is 1.69. The van der Waals surface area contributed by atoms with Crippen molar-refractivity contribution < 1.29 is 4.79 Å². The molecule has 24 heavy (non-hydrogen) atoms. The van der Waals surface area contributed by atoms with Gasteiger partial charge in [-0.1, -0.05) is 25.3 Å². The predicted molar refractivity (Wildman–Crippen MR) is 90.8 cm³/mol. The van der Waals surface area contributed by atoms with E-state index in [2.05, 4.69) is 26.7 Å². The number of nitriles is 1. The van der Waals surface area contributed by atoms with Crippen LogP contribution in [-0.2, 0) is 0 Å². The monoisotopic (exact) mass is 321 g/mol. The van der Waals surface area contributed by atoms with E-state index < -0.39 is 0 Å². The molecule has 6 heteroatoms. The zero-order valence-corrected chi connectivity index (χ0v) is 13.3. The molecular weight excluding hydrogens is 302 g/mol. The highest BCUT2D eigenvalue weighted by molar-refractivity contribution is 5.92. The van der Waals surface area contributed by atoms with Gasteiger partial charge in [-0.3, -0.25) is 4.79 Å². The van der Waals surface area contributed by atoms with Gasteiger partial charge in [0, 0.05) is 17.9 Å². The van der Waals surface area contributed by atoms with Crippen molar-refractivity contribution in [2.75, 3.05) is 5.32 Å². The van der Waals surface area contributed by atoms with Gasteiger partial charge in [0.25, 0.3) is 5.91 Å². The summed E-state index contributed by atoms with van der Waals surface area (Å²) in [6.07, 6.45) is 7.19. The molecule has 1 aromatic carbocycles. The fourth-order valence-corrected chi connectivity index (χ4v) is 2.85. The molecule has 3 rings (SSSR count). The summed E-state index contributed by atoms with van der Waals surface area (Å²) in [6, 6.07) is 11.0. The van der Waals surface area contributed by atoms with Gasteiger partial charge in [0.2, 0.25) is 5.95 Å². The van der Waals surface area contributed by atoms with Crippen molar-refractivity contribution in [2.45, 2.75) is 38.1 Å². The molecule has 1 fully saturated rings. The maximum atomic E-state index is 12.3. The van der Waals surface area contributed by atoms with Crippen LogP contribution >= 0.6 is 0 Å². The van der Waals surface area contributed by atoms with Gasteiger partial charge >= 0.3 is 0 Å². The molecule has 0 bridgehead atoms. The Morgan fingerprint density at radius 1 is 1.21 bits per heavy atom. The van der Waals surface area contributed by atoms with Crippen LogP contribution < -0.4 is 10.6 Å². The lowest BCUT2D eigenvalue weighted by molar-refractivity contribution is 0.0922. The smallest absolute Gasteiger partial charge is 0.270 e. The Labute approximate surface area is 140 Å². The number of nitrogens with one attached hydrogen (secondary N) is 2. The number of aromatic nitrogens is 2. The van der Waals surface area contributed by atoms with Crippen LogP contribution in [0.1, 0.15) is 48.2 Å². The lowest BCUT2D eigenvalue weighted by Crippen LogP contribution is -2.36. The van der Waals surface area contributed by atoms with Crippen molar-refractivity contribution in [3.8, 4) is 6.07 Å². The number of rotatable bonds is 4. The first-order chi connectivity index (χ1) is 11.7. The minimum Gasteiger partial charge on any atom is -0.348 e. The van der Waals surface area contributed by atoms with Crippen LogP contribution in [0.4, 0.5) is 11.6 Å². The molecule has 1 aliphatic carbocycles. The molecule has 0 spiro atoms. The summed E-state index contributed by atoms with van der Waals surface area (Å²) in [5.41, 5.74) is 1.60. The van der Waals surface area contributed by atoms with Crippen molar-refractivity contribution in [3.05, 3.63) is 47.8 Å². The van der Waals surface area contributed by atoms with E-state index in [4.69, 9.17) is 5.26 Å². The van der Waals surface area contributed by atoms with Crippen LogP contribution in [0.3, 0.4) is 0 Å². The number of anilines is 2. The second-order valence-corrected chi connectivity index (χ2v) is 5.89. The summed E-state index contributed by atoms with van der Waals surface area (Å²) >= 11 is 0. The van der Waals surface area contributed by atoms with Crippen molar-refractivity contribution in [2.24, 2.45) is 0 Å². The standard InChI is InChI=1S/C18H19N5O/c19-12-13-5-4-8-15(11-13)22-18-20-10-9-16(23-18)17(24)21-14-6-2-1-3-7-14/h4-5,8-11,14H,1-3,6-7H2,(H,21,24)(H,20,22,23). The molecule has 0 atom stereocenters. The quantitative estimate of drug-likeness (QED) is 0.902. The molecular formula is C18H19N5O. The Morgan fingerprint density at radius 3 is 2.83 bits per heavy atom. The second kappa shape index (κ2) is 7.55. The largest absolute Gasteiger partial charge is 0.348 e. The van der Waals surface area contributed by atoms with Crippen molar-refractivity contribution in [1.82, 2.24) is 15.3 Å². The van der Waals surface area contributed by atoms with Gasteiger partial charge in [-0.15, -0.1) is 0 Å². The Kier molecular flexibility index (Phi) is 5.02. The van der Waals surface area contributed by atoms with E-state index in [1.54, 1.807) is 30.5 Å². The summed E-state index contributed by atoms with van der Waals surface area (Å²) in [5.74, 6) is 0.166. The first-order valence-electron chi connectivity index (χ1n) is 8.16. The SMILES string of the molecule is N#Cc1cccc(Nc2nccc(C(=O)NC3CCCCC3)n2)c1. The number of benzene rings is 1. The van der Waals surface area contributed by atoms with Crippen LogP contribution in [-0.4, -0.2) is 21.9 Å². The molecule has 2 N–H and O–H groups in total. The van der Waals surface area contributed by atoms with Crippen LogP contribution in [0.15, 0.2) is 36.5 Å². The van der Waals surface area contributed by atoms with Gasteiger partial charge in [0.15, 0.2) is 0 Å². The molecule has 0 saturated heterocycles. The maximum absolute atomic E-state index is 12.3. The van der Waals surface area contributed by atoms with Crippen molar-refractivity contribution in [3.63, 3.8) is 0 Å². The molecule has 6 nitrogen and oxygen atoms in total. The van der Waals surface area contributed by atoms with Gasteiger partial charge in [-0.2, -0.15) is 5.26 Å². The molecule has 0 unspecified atom stereocenters. The molecule has 1 heterocycles. The fraction of sp³-hybridized carbons (Fsp3) is 0.333. The van der Waals surface area contributed by atoms with Crippen LogP contribution in [0.5, 0.6) is 0 Å². The van der Waals surface area contributed by atoms with E-state index in [0.29, 0.717) is 22.9 Å². The Bertz CT molecular complexity index is 762. The van der Waals surface area contributed by atoms with E-state index >= 15 is 0 Å². The second-order valence-electron chi connectivity index (χ2n) is 5.89. The summed E-state index contributed by atoms with van der Waals surface area (Å²) in [5, 5.41) is 15.0. The van der Waals surface area contributed by atoms with E-state index in [1.165, 1.54) is 6.42 Å². The fourth-order valence-electron chi connectivity index (χ4n) is 2.85. The third-order valence-corrected chi connectivity index (χ3v) is 4.08. The zero-order valence-electron chi connectivity index (χ0n) is 13.3. The third kappa shape index (κ3) is 4.07. The number of carbonyl (C=O) groups excluding carboxylic acids is 1. The average molecular weight is 321 g/mol. The van der Waals surface area contributed by atoms with E-state index in [-0.39, 0.29) is 11.9 Å².